The molecule has 0 radical (unpaired) electrons. The van der Waals surface area contributed by atoms with Gasteiger partial charge < -0.3 is 0 Å². The van der Waals surface area contributed by atoms with Crippen LogP contribution in [0.1, 0.15) is 32.0 Å². The molecule has 3 rings (SSSR count). The number of benzene rings is 2. The normalized spacial score (nSPS) is 12.7. The van der Waals surface area contributed by atoms with Crippen molar-refractivity contribution in [2.45, 2.75) is 26.2 Å². The lowest BCUT2D eigenvalue weighted by molar-refractivity contribution is 0.670. The summed E-state index contributed by atoms with van der Waals surface area (Å²) < 4.78 is 2.28. The Hall–Kier alpha value is -2.09. The van der Waals surface area contributed by atoms with Crippen molar-refractivity contribution in [1.82, 2.24) is 9.55 Å². The van der Waals surface area contributed by atoms with Crippen LogP contribution in [0.4, 0.5) is 0 Å². The molecule has 0 fully saturated rings. The summed E-state index contributed by atoms with van der Waals surface area (Å²) in [5, 5.41) is 0. The summed E-state index contributed by atoms with van der Waals surface area (Å²) in [5.74, 6) is 1.60. The highest BCUT2D eigenvalue weighted by molar-refractivity contribution is 5.78. The molecular weight excluding hydrogens is 232 g/mol. The van der Waals surface area contributed by atoms with Crippen molar-refractivity contribution in [3.63, 3.8) is 0 Å². The Kier molecular flexibility index (Phi) is 3.08. The van der Waals surface area contributed by atoms with Gasteiger partial charge in [0.05, 0.1) is 11.0 Å². The van der Waals surface area contributed by atoms with Crippen molar-refractivity contribution < 1.29 is 0 Å². The van der Waals surface area contributed by atoms with E-state index >= 15 is 0 Å². The second kappa shape index (κ2) is 4.88. The molecule has 3 aromatic rings. The van der Waals surface area contributed by atoms with Gasteiger partial charge in [0.15, 0.2) is 0 Å². The summed E-state index contributed by atoms with van der Waals surface area (Å²) in [7, 11) is 0. The summed E-state index contributed by atoms with van der Waals surface area (Å²) in [5.41, 5.74) is 3.44. The zero-order valence-electron chi connectivity index (χ0n) is 11.4. The number of nitrogens with zero attached hydrogens (tertiary/aromatic N) is 2. The maximum Gasteiger partial charge on any atom is 0.117 e. The predicted molar refractivity (Wildman–Crippen MR) is 79.8 cm³/mol. The second-order valence-electron chi connectivity index (χ2n) is 4.94. The van der Waals surface area contributed by atoms with Gasteiger partial charge in [0.1, 0.15) is 5.82 Å². The highest BCUT2D eigenvalue weighted by Crippen LogP contribution is 2.27. The third kappa shape index (κ3) is 2.03. The van der Waals surface area contributed by atoms with Crippen LogP contribution in [0.2, 0.25) is 0 Å². The second-order valence-corrected chi connectivity index (χ2v) is 4.94. The average molecular weight is 250 g/mol. The van der Waals surface area contributed by atoms with Gasteiger partial charge in [0.25, 0.3) is 0 Å². The maximum atomic E-state index is 4.82. The van der Waals surface area contributed by atoms with Crippen LogP contribution in [0, 0.1) is 0 Å². The number of imidazole rings is 1. The van der Waals surface area contributed by atoms with Crippen LogP contribution in [0.15, 0.2) is 54.6 Å². The fraction of sp³-hybridized carbons (Fsp3) is 0.235. The molecule has 1 atom stereocenters. The maximum absolute atomic E-state index is 4.82. The quantitative estimate of drug-likeness (QED) is 0.667. The molecule has 0 aliphatic carbocycles. The molecule has 19 heavy (non-hydrogen) atoms. The minimum absolute atomic E-state index is 0.451. The van der Waals surface area contributed by atoms with Crippen molar-refractivity contribution in [2.75, 3.05) is 0 Å². The van der Waals surface area contributed by atoms with Crippen molar-refractivity contribution in [3.05, 3.63) is 60.4 Å². The van der Waals surface area contributed by atoms with Crippen molar-refractivity contribution in [2.24, 2.45) is 0 Å². The SMILES string of the molecule is CCC(C)c1nc2ccccc2n1-c1ccccc1. The van der Waals surface area contributed by atoms with Crippen molar-refractivity contribution in [1.29, 1.82) is 0 Å². The number of hydrogen-bond acceptors (Lipinski definition) is 1. The van der Waals surface area contributed by atoms with Crippen LogP contribution in [0.3, 0.4) is 0 Å². The van der Waals surface area contributed by atoms with E-state index in [4.69, 9.17) is 4.98 Å². The molecule has 2 heteroatoms. The molecule has 1 heterocycles. The number of aromatic nitrogens is 2. The lowest BCUT2D eigenvalue weighted by atomic mass is 10.1. The number of fused-ring (bicyclic) bond motifs is 1. The van der Waals surface area contributed by atoms with Gasteiger partial charge in [-0.2, -0.15) is 0 Å². The fourth-order valence-electron chi connectivity index (χ4n) is 2.41. The molecule has 0 saturated carbocycles. The Morgan fingerprint density at radius 3 is 2.42 bits per heavy atom. The molecule has 0 bridgehead atoms. The first-order chi connectivity index (χ1) is 9.31. The van der Waals surface area contributed by atoms with E-state index < -0.39 is 0 Å². The van der Waals surface area contributed by atoms with Crippen molar-refractivity contribution in [3.8, 4) is 5.69 Å². The third-order valence-electron chi connectivity index (χ3n) is 3.65. The van der Waals surface area contributed by atoms with E-state index in [1.807, 2.05) is 12.1 Å². The molecule has 96 valence electrons. The molecule has 0 N–H and O–H groups in total. The van der Waals surface area contributed by atoms with Crippen LogP contribution >= 0.6 is 0 Å². The summed E-state index contributed by atoms with van der Waals surface area (Å²) in [6.45, 7) is 4.44. The Morgan fingerprint density at radius 1 is 1.00 bits per heavy atom. The minimum Gasteiger partial charge on any atom is -0.296 e. The highest BCUT2D eigenvalue weighted by atomic mass is 15.1. The first kappa shape index (κ1) is 12.0. The molecule has 1 unspecified atom stereocenters. The first-order valence-electron chi connectivity index (χ1n) is 6.84. The molecule has 2 nitrogen and oxygen atoms in total. The lowest BCUT2D eigenvalue weighted by Gasteiger charge is -2.13. The monoisotopic (exact) mass is 250 g/mol. The highest BCUT2D eigenvalue weighted by Gasteiger charge is 2.16. The zero-order chi connectivity index (χ0) is 13.2. The molecule has 0 aliphatic rings. The van der Waals surface area contributed by atoms with E-state index in [1.54, 1.807) is 0 Å². The van der Waals surface area contributed by atoms with Gasteiger partial charge in [-0.15, -0.1) is 0 Å². The van der Waals surface area contributed by atoms with E-state index in [1.165, 1.54) is 11.2 Å². The zero-order valence-corrected chi connectivity index (χ0v) is 11.4. The summed E-state index contributed by atoms with van der Waals surface area (Å²) in [6.07, 6.45) is 1.09. The summed E-state index contributed by atoms with van der Waals surface area (Å²) >= 11 is 0. The number of rotatable bonds is 3. The van der Waals surface area contributed by atoms with Crippen LogP contribution in [0.25, 0.3) is 16.7 Å². The Balaban J connectivity index is 2.31. The van der Waals surface area contributed by atoms with Gasteiger partial charge in [-0.05, 0) is 30.7 Å². The van der Waals surface area contributed by atoms with Crippen molar-refractivity contribution >= 4 is 11.0 Å². The molecular formula is C17H18N2. The molecule has 1 aromatic heterocycles. The van der Waals surface area contributed by atoms with E-state index in [2.05, 4.69) is 60.9 Å². The molecule has 0 amide bonds. The molecule has 2 aromatic carbocycles. The Labute approximate surface area is 113 Å². The molecule has 0 saturated heterocycles. The average Bonchev–Trinajstić information content (AvgIpc) is 2.86. The van der Waals surface area contributed by atoms with Crippen LogP contribution in [-0.2, 0) is 0 Å². The van der Waals surface area contributed by atoms with Gasteiger partial charge in [-0.3, -0.25) is 4.57 Å². The Bertz CT molecular complexity index is 683. The topological polar surface area (TPSA) is 17.8 Å². The van der Waals surface area contributed by atoms with E-state index in [9.17, 15) is 0 Å². The van der Waals surface area contributed by atoms with E-state index in [-0.39, 0.29) is 0 Å². The lowest BCUT2D eigenvalue weighted by Crippen LogP contribution is -2.04. The number of hydrogen-bond donors (Lipinski definition) is 0. The van der Waals surface area contributed by atoms with E-state index in [0.29, 0.717) is 5.92 Å². The molecule has 0 aliphatic heterocycles. The molecule has 0 spiro atoms. The standard InChI is InChI=1S/C17H18N2/c1-3-13(2)17-18-15-11-7-8-12-16(15)19(17)14-9-5-4-6-10-14/h4-13H,3H2,1-2H3. The fourth-order valence-corrected chi connectivity index (χ4v) is 2.41. The van der Waals surface area contributed by atoms with Gasteiger partial charge >= 0.3 is 0 Å². The van der Waals surface area contributed by atoms with Gasteiger partial charge in [0.2, 0.25) is 0 Å². The largest absolute Gasteiger partial charge is 0.296 e. The van der Waals surface area contributed by atoms with E-state index in [0.717, 1.165) is 17.8 Å². The van der Waals surface area contributed by atoms with Gasteiger partial charge in [-0.25, -0.2) is 4.98 Å². The third-order valence-corrected chi connectivity index (χ3v) is 3.65. The van der Waals surface area contributed by atoms with Gasteiger partial charge in [-0.1, -0.05) is 44.2 Å². The minimum atomic E-state index is 0.451. The summed E-state index contributed by atoms with van der Waals surface area (Å²) in [4.78, 5) is 4.82. The summed E-state index contributed by atoms with van der Waals surface area (Å²) in [6, 6.07) is 18.8. The smallest absolute Gasteiger partial charge is 0.117 e. The first-order valence-corrected chi connectivity index (χ1v) is 6.84. The Morgan fingerprint density at radius 2 is 1.68 bits per heavy atom. The van der Waals surface area contributed by atoms with Crippen LogP contribution in [-0.4, -0.2) is 9.55 Å². The van der Waals surface area contributed by atoms with Crippen LogP contribution in [0.5, 0.6) is 0 Å². The van der Waals surface area contributed by atoms with Gasteiger partial charge in [0, 0.05) is 11.6 Å². The predicted octanol–water partition coefficient (Wildman–Crippen LogP) is 4.54. The number of para-hydroxylation sites is 3. The van der Waals surface area contributed by atoms with Crippen LogP contribution < -0.4 is 0 Å².